The molecule has 1 atom stereocenters. The summed E-state index contributed by atoms with van der Waals surface area (Å²) >= 11 is 0. The zero-order chi connectivity index (χ0) is 24.8. The molecule has 3 aromatic carbocycles. The summed E-state index contributed by atoms with van der Waals surface area (Å²) in [5.41, 5.74) is 2.89. The minimum absolute atomic E-state index is 0.193. The molecule has 0 radical (unpaired) electrons. The van der Waals surface area contributed by atoms with E-state index in [4.69, 9.17) is 4.74 Å². The van der Waals surface area contributed by atoms with E-state index in [1.807, 2.05) is 54.6 Å². The SMILES string of the molecule is CC(OC(=O)C1CCN(C(=O)c2ccc(F)cc2)CC1)C(=O)Nc1ccccc1-c1ccccc1. The lowest BCUT2D eigenvalue weighted by Crippen LogP contribution is -2.41. The Balaban J connectivity index is 1.30. The molecule has 7 heteroatoms. The van der Waals surface area contributed by atoms with Gasteiger partial charge in [-0.2, -0.15) is 0 Å². The summed E-state index contributed by atoms with van der Waals surface area (Å²) in [5, 5.41) is 2.87. The number of piperidine rings is 1. The van der Waals surface area contributed by atoms with E-state index in [1.54, 1.807) is 11.8 Å². The molecule has 1 unspecified atom stereocenters. The van der Waals surface area contributed by atoms with Gasteiger partial charge >= 0.3 is 5.97 Å². The second kappa shape index (κ2) is 11.0. The molecule has 1 saturated heterocycles. The first-order valence-electron chi connectivity index (χ1n) is 11.6. The topological polar surface area (TPSA) is 75.7 Å². The van der Waals surface area contributed by atoms with Gasteiger partial charge in [0.2, 0.25) is 0 Å². The predicted octanol–water partition coefficient (Wildman–Crippen LogP) is 4.92. The first-order valence-corrected chi connectivity index (χ1v) is 11.6. The van der Waals surface area contributed by atoms with Crippen LogP contribution in [0.2, 0.25) is 0 Å². The van der Waals surface area contributed by atoms with Gasteiger partial charge in [-0.1, -0.05) is 48.5 Å². The molecule has 4 rings (SSSR count). The maximum atomic E-state index is 13.1. The van der Waals surface area contributed by atoms with Gasteiger partial charge < -0.3 is 15.0 Å². The number of anilines is 1. The number of para-hydroxylation sites is 1. The van der Waals surface area contributed by atoms with Crippen LogP contribution in [0.25, 0.3) is 11.1 Å². The number of carbonyl (C=O) groups excluding carboxylic acids is 3. The average molecular weight is 475 g/mol. The Hall–Kier alpha value is -4.00. The lowest BCUT2D eigenvalue weighted by atomic mass is 9.96. The van der Waals surface area contributed by atoms with Gasteiger partial charge in [0.15, 0.2) is 6.10 Å². The summed E-state index contributed by atoms with van der Waals surface area (Å²) in [6, 6.07) is 22.6. The normalized spacial score (nSPS) is 14.7. The molecule has 3 aromatic rings. The fraction of sp³-hybridized carbons (Fsp3) is 0.250. The van der Waals surface area contributed by atoms with Crippen LogP contribution in [0.1, 0.15) is 30.1 Å². The quantitative estimate of drug-likeness (QED) is 0.515. The van der Waals surface area contributed by atoms with Crippen molar-refractivity contribution >= 4 is 23.5 Å². The summed E-state index contributed by atoms with van der Waals surface area (Å²) < 4.78 is 18.6. The van der Waals surface area contributed by atoms with Crippen LogP contribution in [-0.4, -0.2) is 41.9 Å². The number of likely N-dealkylation sites (tertiary alicyclic amines) is 1. The molecule has 0 spiro atoms. The third-order valence-corrected chi connectivity index (χ3v) is 6.14. The van der Waals surface area contributed by atoms with E-state index in [1.165, 1.54) is 24.3 Å². The van der Waals surface area contributed by atoms with Crippen LogP contribution in [0.15, 0.2) is 78.9 Å². The molecule has 1 fully saturated rings. The van der Waals surface area contributed by atoms with Crippen LogP contribution in [0.5, 0.6) is 0 Å². The number of esters is 1. The van der Waals surface area contributed by atoms with Crippen LogP contribution in [0.4, 0.5) is 10.1 Å². The maximum Gasteiger partial charge on any atom is 0.309 e. The van der Waals surface area contributed by atoms with Gasteiger partial charge in [-0.15, -0.1) is 0 Å². The molecule has 1 heterocycles. The molecule has 0 bridgehead atoms. The Morgan fingerprint density at radius 1 is 0.914 bits per heavy atom. The van der Waals surface area contributed by atoms with Crippen LogP contribution in [0.3, 0.4) is 0 Å². The maximum absolute atomic E-state index is 13.1. The highest BCUT2D eigenvalue weighted by Crippen LogP contribution is 2.28. The van der Waals surface area contributed by atoms with Gasteiger partial charge in [0, 0.05) is 29.9 Å². The molecular formula is C28H27FN2O4. The third kappa shape index (κ3) is 5.93. The lowest BCUT2D eigenvalue weighted by Gasteiger charge is -2.31. The Morgan fingerprint density at radius 3 is 2.23 bits per heavy atom. The second-order valence-electron chi connectivity index (χ2n) is 8.55. The monoisotopic (exact) mass is 474 g/mol. The van der Waals surface area contributed by atoms with Gasteiger partial charge in [0.25, 0.3) is 11.8 Å². The first kappa shape index (κ1) is 24.1. The highest BCUT2D eigenvalue weighted by molar-refractivity contribution is 5.98. The van der Waals surface area contributed by atoms with Crippen molar-refractivity contribution in [3.05, 3.63) is 90.2 Å². The number of amides is 2. The number of hydrogen-bond donors (Lipinski definition) is 1. The molecule has 180 valence electrons. The van der Waals surface area contributed by atoms with Crippen LogP contribution < -0.4 is 5.32 Å². The Morgan fingerprint density at radius 2 is 1.54 bits per heavy atom. The highest BCUT2D eigenvalue weighted by Gasteiger charge is 2.31. The Bertz CT molecular complexity index is 1190. The van der Waals surface area contributed by atoms with Crippen LogP contribution >= 0.6 is 0 Å². The number of nitrogens with zero attached hydrogens (tertiary/aromatic N) is 1. The summed E-state index contributed by atoms with van der Waals surface area (Å²) in [5.74, 6) is -1.84. The van der Waals surface area contributed by atoms with Crippen molar-refractivity contribution in [2.24, 2.45) is 5.92 Å². The van der Waals surface area contributed by atoms with E-state index >= 15 is 0 Å². The first-order chi connectivity index (χ1) is 16.9. The van der Waals surface area contributed by atoms with Gasteiger partial charge in [0.1, 0.15) is 5.82 Å². The smallest absolute Gasteiger partial charge is 0.309 e. The van der Waals surface area contributed by atoms with Crippen molar-refractivity contribution in [2.75, 3.05) is 18.4 Å². The zero-order valence-corrected chi connectivity index (χ0v) is 19.4. The van der Waals surface area contributed by atoms with E-state index in [-0.39, 0.29) is 11.8 Å². The van der Waals surface area contributed by atoms with Gasteiger partial charge in [-0.25, -0.2) is 4.39 Å². The fourth-order valence-corrected chi connectivity index (χ4v) is 4.11. The zero-order valence-electron chi connectivity index (χ0n) is 19.4. The summed E-state index contributed by atoms with van der Waals surface area (Å²) in [4.78, 5) is 39.7. The summed E-state index contributed by atoms with van der Waals surface area (Å²) in [7, 11) is 0. The van der Waals surface area contributed by atoms with Gasteiger partial charge in [0.05, 0.1) is 5.92 Å². The molecular weight excluding hydrogens is 447 g/mol. The van der Waals surface area contributed by atoms with E-state index < -0.39 is 23.8 Å². The number of benzene rings is 3. The van der Waals surface area contributed by atoms with E-state index in [0.29, 0.717) is 37.2 Å². The number of carbonyl (C=O) groups is 3. The van der Waals surface area contributed by atoms with Gasteiger partial charge in [-0.3, -0.25) is 14.4 Å². The minimum atomic E-state index is -0.967. The second-order valence-corrected chi connectivity index (χ2v) is 8.55. The molecule has 6 nitrogen and oxygen atoms in total. The van der Waals surface area contributed by atoms with E-state index in [2.05, 4.69) is 5.32 Å². The Labute approximate surface area is 203 Å². The summed E-state index contributed by atoms with van der Waals surface area (Å²) in [6.45, 7) is 2.33. The van der Waals surface area contributed by atoms with Gasteiger partial charge in [-0.05, 0) is 55.7 Å². The van der Waals surface area contributed by atoms with E-state index in [9.17, 15) is 18.8 Å². The number of ether oxygens (including phenoxy) is 1. The van der Waals surface area contributed by atoms with Crippen molar-refractivity contribution in [3.63, 3.8) is 0 Å². The number of hydrogen-bond acceptors (Lipinski definition) is 4. The molecule has 1 N–H and O–H groups in total. The fourth-order valence-electron chi connectivity index (χ4n) is 4.11. The number of nitrogens with one attached hydrogen (secondary N) is 1. The highest BCUT2D eigenvalue weighted by atomic mass is 19.1. The number of rotatable bonds is 6. The van der Waals surface area contributed by atoms with E-state index in [0.717, 1.165) is 11.1 Å². The molecule has 0 saturated carbocycles. The largest absolute Gasteiger partial charge is 0.452 e. The van der Waals surface area contributed by atoms with Crippen molar-refractivity contribution < 1.29 is 23.5 Å². The minimum Gasteiger partial charge on any atom is -0.452 e. The molecule has 35 heavy (non-hydrogen) atoms. The van der Waals surface area contributed by atoms with Crippen molar-refractivity contribution in [3.8, 4) is 11.1 Å². The molecule has 2 amide bonds. The molecule has 1 aliphatic heterocycles. The van der Waals surface area contributed by atoms with Crippen molar-refractivity contribution in [2.45, 2.75) is 25.9 Å². The number of halogens is 1. The average Bonchev–Trinajstić information content (AvgIpc) is 2.89. The summed E-state index contributed by atoms with van der Waals surface area (Å²) in [6.07, 6.45) is -0.0846. The Kier molecular flexibility index (Phi) is 7.55. The molecule has 0 aromatic heterocycles. The van der Waals surface area contributed by atoms with Crippen LogP contribution in [-0.2, 0) is 14.3 Å². The standard InChI is InChI=1S/C28H27FN2O4/c1-19(26(32)30-25-10-6-5-9-24(25)20-7-3-2-4-8-20)35-28(34)22-15-17-31(18-16-22)27(33)21-11-13-23(29)14-12-21/h2-14,19,22H,15-18H2,1H3,(H,30,32). The van der Waals surface area contributed by atoms with Crippen LogP contribution in [0, 0.1) is 11.7 Å². The molecule has 0 aliphatic carbocycles. The van der Waals surface area contributed by atoms with Crippen molar-refractivity contribution in [1.82, 2.24) is 4.90 Å². The predicted molar refractivity (Wildman–Crippen MR) is 131 cm³/mol. The molecule has 1 aliphatic rings. The third-order valence-electron chi connectivity index (χ3n) is 6.14. The van der Waals surface area contributed by atoms with Crippen molar-refractivity contribution in [1.29, 1.82) is 0 Å². The lowest BCUT2D eigenvalue weighted by molar-refractivity contribution is -0.158.